The van der Waals surface area contributed by atoms with Crippen LogP contribution >= 0.6 is 11.6 Å². The number of aromatic nitrogens is 4. The molecule has 8 heteroatoms. The van der Waals surface area contributed by atoms with Crippen molar-refractivity contribution in [2.75, 3.05) is 0 Å². The minimum Gasteiger partial charge on any atom is -0.399 e. The van der Waals surface area contributed by atoms with Crippen LogP contribution in [0.1, 0.15) is 50.5 Å². The molecule has 6 nitrogen and oxygen atoms in total. The Hall–Kier alpha value is -9.89. The third kappa shape index (κ3) is 12.5. The molecule has 90 heavy (non-hydrogen) atoms. The first-order chi connectivity index (χ1) is 43.6. The van der Waals surface area contributed by atoms with Crippen LogP contribution in [-0.2, 0) is 9.31 Å². The molecule has 10 aromatic carbocycles. The molecule has 1 aliphatic rings. The Kier molecular flexibility index (Phi) is 16.4. The molecule has 5 heterocycles. The van der Waals surface area contributed by atoms with Gasteiger partial charge in [-0.05, 0) is 205 Å². The number of benzene rings is 10. The maximum Gasteiger partial charge on any atom is 0.494 e. The Morgan fingerprint density at radius 1 is 0.289 bits per heavy atom. The van der Waals surface area contributed by atoms with Gasteiger partial charge in [0.05, 0.1) is 38.3 Å². The van der Waals surface area contributed by atoms with Gasteiger partial charge in [-0.2, -0.15) is 0 Å². The minimum atomic E-state index is -0.374. The summed E-state index contributed by atoms with van der Waals surface area (Å²) in [6.07, 6.45) is 0. The number of nitrogens with zero attached hydrogens (tertiary/aromatic N) is 4. The van der Waals surface area contributed by atoms with Crippen molar-refractivity contribution in [3.8, 4) is 77.9 Å². The summed E-state index contributed by atoms with van der Waals surface area (Å²) in [7, 11) is -0.374. The molecular formula is C82H68BClN4O2. The number of fused-ring (bicyclic) bond motifs is 6. The van der Waals surface area contributed by atoms with Crippen molar-refractivity contribution in [2.24, 2.45) is 0 Å². The van der Waals surface area contributed by atoms with Gasteiger partial charge in [0, 0.05) is 44.3 Å². The lowest BCUT2D eigenvalue weighted by Gasteiger charge is -2.32. The third-order valence-electron chi connectivity index (χ3n) is 17.3. The van der Waals surface area contributed by atoms with Crippen LogP contribution < -0.4 is 5.46 Å². The summed E-state index contributed by atoms with van der Waals surface area (Å²) >= 11 is 6.23. The van der Waals surface area contributed by atoms with Crippen molar-refractivity contribution >= 4 is 67.8 Å². The Morgan fingerprint density at radius 2 is 0.622 bits per heavy atom. The standard InChI is InChI=1S/C38H28N2.C30H29BO2.C14H11ClN2/c1-25-16-17-29-18-19-35-36(20-26(2)40-38(35)37(29)39-25)31-15-9-14-30(21-31)34-23-32(27-10-5-3-6-11-27)22-33(24-34)28-12-7-4-8-13-28;1-29(2)30(3,4)33-31(32-29)28-17-11-16-24(21-28)27-19-25(22-12-7-5-8-13-22)18-26(20-27)23-14-9-6-10-15-23;1-8-3-4-10-5-6-11-12(15)7-9(2)17-14(11)13(10)16-8/h3-24H,1-2H3;5-21H,1-4H3;3-7H,1-2H3. The van der Waals surface area contributed by atoms with Gasteiger partial charge in [0.15, 0.2) is 0 Å². The highest BCUT2D eigenvalue weighted by Gasteiger charge is 2.51. The largest absolute Gasteiger partial charge is 0.494 e. The predicted molar refractivity (Wildman–Crippen MR) is 378 cm³/mol. The van der Waals surface area contributed by atoms with E-state index >= 15 is 0 Å². The van der Waals surface area contributed by atoms with E-state index in [2.05, 4.69) is 287 Å². The summed E-state index contributed by atoms with van der Waals surface area (Å²) in [5, 5.41) is 5.02. The summed E-state index contributed by atoms with van der Waals surface area (Å²) in [6, 6.07) is 94.2. The first kappa shape index (κ1) is 59.1. The molecule has 1 saturated heterocycles. The van der Waals surface area contributed by atoms with Crippen LogP contribution in [-0.4, -0.2) is 38.3 Å². The average molecular weight is 1190 g/mol. The van der Waals surface area contributed by atoms with E-state index in [9.17, 15) is 0 Å². The monoisotopic (exact) mass is 1190 g/mol. The fourth-order valence-corrected chi connectivity index (χ4v) is 12.2. The molecule has 1 fully saturated rings. The van der Waals surface area contributed by atoms with E-state index in [0.717, 1.165) is 82.4 Å². The molecule has 0 bridgehead atoms. The van der Waals surface area contributed by atoms with E-state index in [1.807, 2.05) is 45.0 Å². The van der Waals surface area contributed by atoms with Gasteiger partial charge < -0.3 is 9.31 Å². The first-order valence-electron chi connectivity index (χ1n) is 30.7. The first-order valence-corrected chi connectivity index (χ1v) is 31.1. The van der Waals surface area contributed by atoms with Crippen LogP contribution in [0.4, 0.5) is 0 Å². The molecule has 0 atom stereocenters. The van der Waals surface area contributed by atoms with Gasteiger partial charge >= 0.3 is 7.12 Å². The van der Waals surface area contributed by atoms with E-state index in [1.165, 1.54) is 72.3 Å². The normalized spacial score (nSPS) is 13.2. The molecule has 4 aromatic heterocycles. The molecule has 0 aliphatic carbocycles. The topological polar surface area (TPSA) is 70.0 Å². The molecule has 14 aromatic rings. The highest BCUT2D eigenvalue weighted by molar-refractivity contribution is 6.62. The number of halogens is 1. The summed E-state index contributed by atoms with van der Waals surface area (Å²) in [4.78, 5) is 18.9. The summed E-state index contributed by atoms with van der Waals surface area (Å²) in [5.41, 5.74) is 24.7. The molecule has 1 aliphatic heterocycles. The second-order valence-corrected chi connectivity index (χ2v) is 24.8. The maximum absolute atomic E-state index is 6.30. The quantitative estimate of drug-likeness (QED) is 0.112. The molecule has 438 valence electrons. The van der Waals surface area contributed by atoms with Gasteiger partial charge in [0.1, 0.15) is 0 Å². The lowest BCUT2D eigenvalue weighted by Crippen LogP contribution is -2.41. The Morgan fingerprint density at radius 3 is 1.08 bits per heavy atom. The molecule has 0 radical (unpaired) electrons. The van der Waals surface area contributed by atoms with E-state index in [1.54, 1.807) is 0 Å². The molecule has 0 amide bonds. The smallest absolute Gasteiger partial charge is 0.399 e. The zero-order valence-electron chi connectivity index (χ0n) is 52.0. The van der Waals surface area contributed by atoms with Crippen molar-refractivity contribution in [1.82, 2.24) is 19.9 Å². The minimum absolute atomic E-state index is 0.360. The van der Waals surface area contributed by atoms with Gasteiger partial charge in [0.2, 0.25) is 0 Å². The van der Waals surface area contributed by atoms with Crippen molar-refractivity contribution < 1.29 is 9.31 Å². The number of hydrogen-bond acceptors (Lipinski definition) is 6. The SMILES string of the molecule is CC1(C)OB(c2cccc(-c3cc(-c4ccccc4)cc(-c4ccccc4)c3)c2)OC1(C)C.Cc1ccc2ccc3c(-c4cccc(-c5cc(-c6ccccc6)cc(-c6ccccc6)c5)c4)cc(C)nc3c2n1.Cc1ccc2ccc3c(Cl)cc(C)nc3c2n1. The van der Waals surface area contributed by atoms with Crippen LogP contribution in [0.3, 0.4) is 0 Å². The van der Waals surface area contributed by atoms with Crippen molar-refractivity contribution in [1.29, 1.82) is 0 Å². The number of pyridine rings is 4. The molecule has 0 unspecified atom stereocenters. The summed E-state index contributed by atoms with van der Waals surface area (Å²) < 4.78 is 12.6. The molecule has 0 saturated carbocycles. The second-order valence-electron chi connectivity index (χ2n) is 24.4. The van der Waals surface area contributed by atoms with Gasteiger partial charge in [-0.25, -0.2) is 0 Å². The van der Waals surface area contributed by atoms with E-state index in [-0.39, 0.29) is 18.3 Å². The molecule has 0 N–H and O–H groups in total. The van der Waals surface area contributed by atoms with Crippen LogP contribution in [0, 0.1) is 27.7 Å². The number of hydrogen-bond donors (Lipinski definition) is 0. The van der Waals surface area contributed by atoms with Gasteiger partial charge in [-0.15, -0.1) is 0 Å². The molecular weight excluding hydrogens is 1120 g/mol. The zero-order chi connectivity index (χ0) is 62.1. The lowest BCUT2D eigenvalue weighted by molar-refractivity contribution is 0.00578. The van der Waals surface area contributed by atoms with Crippen LogP contribution in [0.5, 0.6) is 0 Å². The van der Waals surface area contributed by atoms with Gasteiger partial charge in [-0.1, -0.05) is 212 Å². The second kappa shape index (κ2) is 24.9. The maximum atomic E-state index is 6.30. The molecule has 15 rings (SSSR count). The van der Waals surface area contributed by atoms with Crippen molar-refractivity contribution in [2.45, 2.75) is 66.6 Å². The van der Waals surface area contributed by atoms with Crippen LogP contribution in [0.25, 0.3) is 122 Å². The van der Waals surface area contributed by atoms with Crippen LogP contribution in [0.2, 0.25) is 5.02 Å². The van der Waals surface area contributed by atoms with E-state index < -0.39 is 0 Å². The Balaban J connectivity index is 0.000000133. The third-order valence-corrected chi connectivity index (χ3v) is 17.6. The number of rotatable bonds is 8. The van der Waals surface area contributed by atoms with Gasteiger partial charge in [0.25, 0.3) is 0 Å². The van der Waals surface area contributed by atoms with Crippen molar-refractivity contribution in [3.05, 3.63) is 295 Å². The summed E-state index contributed by atoms with van der Waals surface area (Å²) in [6.45, 7) is 16.4. The summed E-state index contributed by atoms with van der Waals surface area (Å²) in [5.74, 6) is 0. The highest BCUT2D eigenvalue weighted by atomic mass is 35.5. The Labute approximate surface area is 533 Å². The van der Waals surface area contributed by atoms with Crippen LogP contribution in [0.15, 0.2) is 267 Å². The van der Waals surface area contributed by atoms with Crippen molar-refractivity contribution in [3.63, 3.8) is 0 Å². The zero-order valence-corrected chi connectivity index (χ0v) is 52.7. The molecule has 0 spiro atoms. The fraction of sp³-hybridized carbons (Fsp3) is 0.122. The van der Waals surface area contributed by atoms with Gasteiger partial charge in [-0.3, -0.25) is 19.9 Å². The number of aryl methyl sites for hydroxylation is 4. The Bertz CT molecular complexity index is 4830. The highest BCUT2D eigenvalue weighted by Crippen LogP contribution is 2.40. The van der Waals surface area contributed by atoms with E-state index in [4.69, 9.17) is 30.9 Å². The predicted octanol–water partition coefficient (Wildman–Crippen LogP) is 21.1. The fourth-order valence-electron chi connectivity index (χ4n) is 11.9. The lowest BCUT2D eigenvalue weighted by atomic mass is 9.78. The van der Waals surface area contributed by atoms with E-state index in [0.29, 0.717) is 0 Å². The average Bonchev–Trinajstić information content (AvgIpc) is 1.42.